The highest BCUT2D eigenvalue weighted by Gasteiger charge is 2.36. The fraction of sp³-hybridized carbons (Fsp3) is 0.667. The lowest BCUT2D eigenvalue weighted by atomic mass is 10.1. The van der Waals surface area contributed by atoms with Crippen LogP contribution < -0.4 is 0 Å². The summed E-state index contributed by atoms with van der Waals surface area (Å²) in [5, 5.41) is 0.0946. The van der Waals surface area contributed by atoms with Gasteiger partial charge in [0.15, 0.2) is 0 Å². The Morgan fingerprint density at radius 1 is 1.35 bits per heavy atom. The number of alkyl halides is 3. The minimum absolute atomic E-state index is 0.0946. The quantitative estimate of drug-likeness (QED) is 0.624. The van der Waals surface area contributed by atoms with Crippen molar-refractivity contribution in [1.29, 1.82) is 0 Å². The lowest BCUT2D eigenvalue weighted by Gasteiger charge is -2.23. The molecular formula is C12H17F3PS. The monoisotopic (exact) mass is 281 g/mol. The van der Waals surface area contributed by atoms with Crippen LogP contribution in [0.4, 0.5) is 13.2 Å². The van der Waals surface area contributed by atoms with Crippen molar-refractivity contribution in [1.82, 2.24) is 0 Å². The van der Waals surface area contributed by atoms with E-state index in [1.54, 1.807) is 6.08 Å². The minimum Gasteiger partial charge on any atom is -0.166 e. The number of allylic oxidation sites excluding steroid dienone is 4. The molecule has 1 aliphatic rings. The molecule has 17 heavy (non-hydrogen) atoms. The molecule has 0 aromatic heterocycles. The molecule has 0 bridgehead atoms. The van der Waals surface area contributed by atoms with Gasteiger partial charge < -0.3 is 0 Å². The van der Waals surface area contributed by atoms with Crippen molar-refractivity contribution in [3.05, 3.63) is 23.3 Å². The van der Waals surface area contributed by atoms with Gasteiger partial charge in [-0.25, -0.2) is 0 Å². The number of rotatable bonds is 3. The van der Waals surface area contributed by atoms with Crippen LogP contribution in [0.2, 0.25) is 0 Å². The highest BCUT2D eigenvalue weighted by Crippen LogP contribution is 2.43. The van der Waals surface area contributed by atoms with Crippen LogP contribution in [0.25, 0.3) is 0 Å². The Hall–Kier alpha value is 0.0500. The Kier molecular flexibility index (Phi) is 4.76. The van der Waals surface area contributed by atoms with Crippen LogP contribution >= 0.6 is 21.2 Å². The molecule has 97 valence electrons. The lowest BCUT2D eigenvalue weighted by molar-refractivity contribution is -0.0888. The smallest absolute Gasteiger partial charge is 0.166 e. The van der Waals surface area contributed by atoms with Crippen molar-refractivity contribution >= 4 is 21.2 Å². The van der Waals surface area contributed by atoms with Crippen molar-refractivity contribution in [2.75, 3.05) is 0 Å². The van der Waals surface area contributed by atoms with Gasteiger partial charge in [-0.2, -0.15) is 13.2 Å². The Labute approximate surface area is 108 Å². The summed E-state index contributed by atoms with van der Waals surface area (Å²) < 4.78 is 38.0. The third kappa shape index (κ3) is 5.05. The van der Waals surface area contributed by atoms with Gasteiger partial charge in [-0.1, -0.05) is 51.1 Å². The molecule has 0 fully saturated rings. The second-order valence-corrected chi connectivity index (χ2v) is 8.68. The molecule has 0 aliphatic heterocycles. The predicted molar refractivity (Wildman–Crippen MR) is 70.9 cm³/mol. The predicted octanol–water partition coefficient (Wildman–Crippen LogP) is 5.20. The zero-order valence-electron chi connectivity index (χ0n) is 10.2. The zero-order valence-corrected chi connectivity index (χ0v) is 12.0. The highest BCUT2D eigenvalue weighted by atomic mass is 32.1. The van der Waals surface area contributed by atoms with Gasteiger partial charge in [0.2, 0.25) is 0 Å². The zero-order chi connectivity index (χ0) is 13.3. The Morgan fingerprint density at radius 2 is 1.94 bits per heavy atom. The van der Waals surface area contributed by atoms with E-state index in [0.717, 1.165) is 0 Å². The highest BCUT2D eigenvalue weighted by molar-refractivity contribution is 7.87. The Balaban J connectivity index is 2.69. The van der Waals surface area contributed by atoms with Gasteiger partial charge >= 0.3 is 6.18 Å². The number of halogens is 3. The van der Waals surface area contributed by atoms with Crippen LogP contribution in [0.1, 0.15) is 33.6 Å². The van der Waals surface area contributed by atoms with Gasteiger partial charge in [-0.15, -0.1) is 8.58 Å². The molecule has 0 aromatic rings. The molecule has 2 atom stereocenters. The van der Waals surface area contributed by atoms with E-state index in [1.807, 2.05) is 0 Å². The maximum Gasteiger partial charge on any atom is 0.416 e. The van der Waals surface area contributed by atoms with Gasteiger partial charge in [0.05, 0.1) is 5.57 Å². The standard InChI is InChI=1S/C12H17F3PS/c1-11(2,3)16-10(17)7-8-5-4-6-9(8)12(13,14)15/h4,6,10,16H,5,7H2,1-3H3. The maximum absolute atomic E-state index is 12.7. The van der Waals surface area contributed by atoms with E-state index >= 15 is 0 Å². The molecular weight excluding hydrogens is 264 g/mol. The van der Waals surface area contributed by atoms with E-state index in [-0.39, 0.29) is 10.1 Å². The SMILES string of the molecule is CC(C)(C)PC([S])CC1=C(C(F)(F)F)C=CC1. The largest absolute Gasteiger partial charge is 0.416 e. The molecule has 1 radical (unpaired) electrons. The maximum atomic E-state index is 12.7. The van der Waals surface area contributed by atoms with Crippen molar-refractivity contribution < 1.29 is 13.2 Å². The van der Waals surface area contributed by atoms with Gasteiger partial charge in [-0.05, 0) is 18.0 Å². The topological polar surface area (TPSA) is 0 Å². The van der Waals surface area contributed by atoms with Crippen molar-refractivity contribution in [3.63, 3.8) is 0 Å². The Morgan fingerprint density at radius 3 is 2.41 bits per heavy atom. The summed E-state index contributed by atoms with van der Waals surface area (Å²) in [4.78, 5) is -0.0951. The first kappa shape index (κ1) is 15.1. The fourth-order valence-electron chi connectivity index (χ4n) is 1.79. The van der Waals surface area contributed by atoms with E-state index in [4.69, 9.17) is 12.6 Å². The average molecular weight is 281 g/mol. The normalized spacial score (nSPS) is 19.7. The third-order valence-corrected chi connectivity index (χ3v) is 4.27. The summed E-state index contributed by atoms with van der Waals surface area (Å²) in [6.45, 7) is 6.20. The van der Waals surface area contributed by atoms with E-state index < -0.39 is 11.7 Å². The van der Waals surface area contributed by atoms with Crippen LogP contribution in [0.5, 0.6) is 0 Å². The van der Waals surface area contributed by atoms with Crippen LogP contribution in [0.3, 0.4) is 0 Å². The molecule has 0 aromatic carbocycles. The summed E-state index contributed by atoms with van der Waals surface area (Å²) in [6.07, 6.45) is -0.705. The summed E-state index contributed by atoms with van der Waals surface area (Å²) in [5.41, 5.74) is -0.0275. The van der Waals surface area contributed by atoms with Crippen molar-refractivity contribution in [2.24, 2.45) is 0 Å². The van der Waals surface area contributed by atoms with Crippen molar-refractivity contribution in [3.8, 4) is 0 Å². The first-order valence-electron chi connectivity index (χ1n) is 5.49. The molecule has 1 rings (SSSR count). The van der Waals surface area contributed by atoms with E-state index in [0.29, 0.717) is 27.0 Å². The van der Waals surface area contributed by atoms with Crippen molar-refractivity contribution in [2.45, 2.75) is 49.9 Å². The lowest BCUT2D eigenvalue weighted by Crippen LogP contribution is -2.13. The fourth-order valence-corrected chi connectivity index (χ4v) is 4.37. The second-order valence-electron chi connectivity index (χ2n) is 5.21. The van der Waals surface area contributed by atoms with E-state index in [2.05, 4.69) is 20.8 Å². The molecule has 0 saturated carbocycles. The van der Waals surface area contributed by atoms with E-state index in [9.17, 15) is 13.2 Å². The Bertz CT molecular complexity index is 337. The molecule has 0 N–H and O–H groups in total. The number of hydrogen-bond donors (Lipinski definition) is 0. The van der Waals surface area contributed by atoms with Gasteiger partial charge in [0, 0.05) is 4.99 Å². The molecule has 0 spiro atoms. The average Bonchev–Trinajstić information content (AvgIpc) is 2.46. The molecule has 5 heteroatoms. The summed E-state index contributed by atoms with van der Waals surface area (Å²) in [7, 11) is 0.501. The molecule has 0 saturated heterocycles. The summed E-state index contributed by atoms with van der Waals surface area (Å²) in [6, 6.07) is 0. The van der Waals surface area contributed by atoms with Gasteiger partial charge in [0.1, 0.15) is 0 Å². The van der Waals surface area contributed by atoms with Crippen LogP contribution in [-0.2, 0) is 0 Å². The van der Waals surface area contributed by atoms with Crippen LogP contribution in [0.15, 0.2) is 23.3 Å². The molecule has 0 nitrogen and oxygen atoms in total. The van der Waals surface area contributed by atoms with Gasteiger partial charge in [0.25, 0.3) is 0 Å². The van der Waals surface area contributed by atoms with Gasteiger partial charge in [-0.3, -0.25) is 0 Å². The molecule has 1 aliphatic carbocycles. The molecule has 2 unspecified atom stereocenters. The minimum atomic E-state index is -4.23. The van der Waals surface area contributed by atoms with Crippen LogP contribution in [0, 0.1) is 0 Å². The van der Waals surface area contributed by atoms with E-state index in [1.165, 1.54) is 6.08 Å². The van der Waals surface area contributed by atoms with Crippen LogP contribution in [-0.4, -0.2) is 16.3 Å². The summed E-state index contributed by atoms with van der Waals surface area (Å²) >= 11 is 5.28. The molecule has 0 heterocycles. The second kappa shape index (κ2) is 5.36. The third-order valence-electron chi connectivity index (χ3n) is 2.36. The summed E-state index contributed by atoms with van der Waals surface area (Å²) in [5.74, 6) is 0. The molecule has 0 amide bonds. The first-order valence-corrected chi connectivity index (χ1v) is 7.04. The first-order chi connectivity index (χ1) is 7.59. The number of hydrogen-bond acceptors (Lipinski definition) is 0.